The number of carbonyl (C=O) groups is 1. The van der Waals surface area contributed by atoms with E-state index in [0.29, 0.717) is 11.3 Å². The van der Waals surface area contributed by atoms with E-state index in [1.807, 2.05) is 25.1 Å². The van der Waals surface area contributed by atoms with Crippen LogP contribution in [-0.4, -0.2) is 20.9 Å². The van der Waals surface area contributed by atoms with Crippen molar-refractivity contribution in [1.82, 2.24) is 0 Å². The topological polar surface area (TPSA) is 105 Å². The third-order valence-corrected chi connectivity index (χ3v) is 6.45. The molecule has 3 rings (SSSR count). The van der Waals surface area contributed by atoms with Crippen molar-refractivity contribution in [2.24, 2.45) is 0 Å². The van der Waals surface area contributed by atoms with Gasteiger partial charge in [-0.3, -0.25) is 4.79 Å². The average molecular weight is 541 g/mol. The van der Waals surface area contributed by atoms with Crippen LogP contribution in [0.2, 0.25) is 0 Å². The number of amides is 1. The molecule has 1 amide bonds. The second kappa shape index (κ2) is 11.0. The van der Waals surface area contributed by atoms with E-state index < -0.39 is 16.0 Å². The van der Waals surface area contributed by atoms with Gasteiger partial charge in [0.05, 0.1) is 11.1 Å². The molecule has 0 spiro atoms. The number of nitrogens with one attached hydrogen (secondary N) is 1. The molecule has 0 fully saturated rings. The Bertz CT molecular complexity index is 1380. The smallest absolute Gasteiger partial charge is 0.339 e. The Morgan fingerprint density at radius 2 is 1.79 bits per heavy atom. The van der Waals surface area contributed by atoms with Gasteiger partial charge in [-0.2, -0.15) is 13.7 Å². The zero-order valence-corrected chi connectivity index (χ0v) is 20.8. The summed E-state index contributed by atoms with van der Waals surface area (Å²) < 4.78 is 36.6. The first-order valence-corrected chi connectivity index (χ1v) is 12.4. The Hall–Kier alpha value is -3.61. The van der Waals surface area contributed by atoms with Crippen molar-refractivity contribution in [3.63, 3.8) is 0 Å². The molecule has 0 bridgehead atoms. The fraction of sp³-hybridized carbons (Fsp3) is 0.120. The summed E-state index contributed by atoms with van der Waals surface area (Å²) in [6, 6.07) is 19.9. The summed E-state index contributed by atoms with van der Waals surface area (Å²) >= 11 is 3.32. The molecule has 0 aliphatic rings. The molecule has 1 N–H and O–H groups in total. The van der Waals surface area contributed by atoms with Gasteiger partial charge >= 0.3 is 10.1 Å². The van der Waals surface area contributed by atoms with E-state index in [0.717, 1.165) is 5.56 Å². The zero-order chi connectivity index (χ0) is 24.7. The fourth-order valence-electron chi connectivity index (χ4n) is 2.98. The maximum Gasteiger partial charge on any atom is 0.339 e. The summed E-state index contributed by atoms with van der Waals surface area (Å²) in [5, 5.41) is 12.3. The van der Waals surface area contributed by atoms with Crippen molar-refractivity contribution in [3.05, 3.63) is 87.9 Å². The highest BCUT2D eigenvalue weighted by atomic mass is 79.9. The van der Waals surface area contributed by atoms with Crippen LogP contribution >= 0.6 is 15.9 Å². The number of nitriles is 1. The minimum absolute atomic E-state index is 0.00651. The number of rotatable bonds is 8. The molecule has 9 heteroatoms. The molecule has 0 saturated heterocycles. The molecule has 0 atom stereocenters. The van der Waals surface area contributed by atoms with E-state index in [1.54, 1.807) is 37.3 Å². The van der Waals surface area contributed by atoms with Crippen LogP contribution in [0.25, 0.3) is 6.08 Å². The Morgan fingerprint density at radius 1 is 1.12 bits per heavy atom. The van der Waals surface area contributed by atoms with Crippen molar-refractivity contribution < 1.29 is 22.1 Å². The summed E-state index contributed by atoms with van der Waals surface area (Å²) in [6.07, 6.45) is 1.39. The molecule has 0 heterocycles. The molecular weight excluding hydrogens is 520 g/mol. The van der Waals surface area contributed by atoms with Crippen LogP contribution < -0.4 is 14.2 Å². The van der Waals surface area contributed by atoms with Crippen LogP contribution in [0, 0.1) is 18.3 Å². The summed E-state index contributed by atoms with van der Waals surface area (Å²) in [5.74, 6) is -0.470. The molecule has 0 aliphatic carbocycles. The van der Waals surface area contributed by atoms with Gasteiger partial charge in [0.25, 0.3) is 5.91 Å². The Labute approximate surface area is 206 Å². The van der Waals surface area contributed by atoms with Crippen LogP contribution in [0.5, 0.6) is 11.5 Å². The summed E-state index contributed by atoms with van der Waals surface area (Å²) in [5.41, 5.74) is 1.76. The number of para-hydroxylation sites is 1. The summed E-state index contributed by atoms with van der Waals surface area (Å²) in [7, 11) is -4.11. The first-order valence-electron chi connectivity index (χ1n) is 10.2. The van der Waals surface area contributed by atoms with Crippen molar-refractivity contribution in [3.8, 4) is 17.6 Å². The molecule has 0 aromatic heterocycles. The highest BCUT2D eigenvalue weighted by Crippen LogP contribution is 2.39. The Balaban J connectivity index is 1.95. The van der Waals surface area contributed by atoms with Gasteiger partial charge in [-0.05, 0) is 77.3 Å². The van der Waals surface area contributed by atoms with Gasteiger partial charge in [0.1, 0.15) is 16.5 Å². The quantitative estimate of drug-likeness (QED) is 0.230. The van der Waals surface area contributed by atoms with E-state index in [9.17, 15) is 18.5 Å². The lowest BCUT2D eigenvalue weighted by Crippen LogP contribution is -2.14. The molecule has 0 saturated carbocycles. The molecular formula is C25H21BrN2O5S. The maximum atomic E-state index is 12.7. The lowest BCUT2D eigenvalue weighted by molar-refractivity contribution is -0.112. The highest BCUT2D eigenvalue weighted by Gasteiger charge is 2.22. The minimum atomic E-state index is -4.11. The number of carbonyl (C=O) groups excluding carboxylic acids is 1. The highest BCUT2D eigenvalue weighted by molar-refractivity contribution is 9.10. The number of benzene rings is 3. The number of ether oxygens (including phenoxy) is 1. The molecule has 34 heavy (non-hydrogen) atoms. The normalized spacial score (nSPS) is 11.4. The van der Waals surface area contributed by atoms with Crippen LogP contribution in [-0.2, 0) is 14.9 Å². The van der Waals surface area contributed by atoms with Gasteiger partial charge in [-0.15, -0.1) is 0 Å². The SMILES string of the molecule is CCOc1cc(/C=C(\C#N)C(=O)Nc2ccccc2C)cc(Br)c1OS(=O)(=O)c1ccccc1. The lowest BCUT2D eigenvalue weighted by Gasteiger charge is -2.14. The molecule has 174 valence electrons. The molecule has 0 radical (unpaired) electrons. The lowest BCUT2D eigenvalue weighted by atomic mass is 10.1. The third kappa shape index (κ3) is 6.04. The summed E-state index contributed by atoms with van der Waals surface area (Å²) in [4.78, 5) is 12.7. The predicted octanol–water partition coefficient (Wildman–Crippen LogP) is 5.47. The van der Waals surface area contributed by atoms with E-state index in [1.165, 1.54) is 30.3 Å². The van der Waals surface area contributed by atoms with Crippen molar-refractivity contribution >= 4 is 43.7 Å². The first-order chi connectivity index (χ1) is 16.2. The number of hydrogen-bond donors (Lipinski definition) is 1. The first kappa shape index (κ1) is 25.0. The molecule has 0 unspecified atom stereocenters. The number of aryl methyl sites for hydroxylation is 1. The van der Waals surface area contributed by atoms with Gasteiger partial charge < -0.3 is 14.2 Å². The number of halogens is 1. The predicted molar refractivity (Wildman–Crippen MR) is 133 cm³/mol. The molecule has 3 aromatic carbocycles. The maximum absolute atomic E-state index is 12.7. The fourth-order valence-corrected chi connectivity index (χ4v) is 4.60. The monoisotopic (exact) mass is 540 g/mol. The van der Waals surface area contributed by atoms with Crippen LogP contribution in [0.3, 0.4) is 0 Å². The average Bonchev–Trinajstić information content (AvgIpc) is 2.82. The van der Waals surface area contributed by atoms with Gasteiger partial charge in [-0.25, -0.2) is 0 Å². The molecule has 0 aliphatic heterocycles. The van der Waals surface area contributed by atoms with E-state index >= 15 is 0 Å². The number of anilines is 1. The van der Waals surface area contributed by atoms with E-state index in [2.05, 4.69) is 21.2 Å². The summed E-state index contributed by atoms with van der Waals surface area (Å²) in [6.45, 7) is 3.82. The number of nitrogens with zero attached hydrogens (tertiary/aromatic N) is 1. The standard InChI is InChI=1S/C25H21BrN2O5S/c1-3-32-23-15-18(13-19(16-27)25(29)28-22-12-8-7-9-17(22)2)14-21(26)24(23)33-34(30,31)20-10-5-4-6-11-20/h4-15H,3H2,1-2H3,(H,28,29)/b19-13+. The second-order valence-electron chi connectivity index (χ2n) is 7.05. The van der Waals surface area contributed by atoms with Crippen LogP contribution in [0.4, 0.5) is 5.69 Å². The minimum Gasteiger partial charge on any atom is -0.490 e. The van der Waals surface area contributed by atoms with E-state index in [4.69, 9.17) is 8.92 Å². The molecule has 7 nitrogen and oxygen atoms in total. The number of hydrogen-bond acceptors (Lipinski definition) is 6. The van der Waals surface area contributed by atoms with Crippen molar-refractivity contribution in [2.45, 2.75) is 18.7 Å². The van der Waals surface area contributed by atoms with Crippen molar-refractivity contribution in [2.75, 3.05) is 11.9 Å². The van der Waals surface area contributed by atoms with Gasteiger partial charge in [-0.1, -0.05) is 36.4 Å². The van der Waals surface area contributed by atoms with Gasteiger partial charge in [0.15, 0.2) is 11.5 Å². The second-order valence-corrected chi connectivity index (χ2v) is 9.45. The van der Waals surface area contributed by atoms with Crippen molar-refractivity contribution in [1.29, 1.82) is 5.26 Å². The van der Waals surface area contributed by atoms with E-state index in [-0.39, 0.29) is 33.0 Å². The van der Waals surface area contributed by atoms with Crippen LogP contribution in [0.15, 0.2) is 81.7 Å². The zero-order valence-electron chi connectivity index (χ0n) is 18.4. The molecule has 3 aromatic rings. The third-order valence-electron chi connectivity index (χ3n) is 4.63. The van der Waals surface area contributed by atoms with Gasteiger partial charge in [0, 0.05) is 5.69 Å². The van der Waals surface area contributed by atoms with Crippen LogP contribution in [0.1, 0.15) is 18.1 Å². The van der Waals surface area contributed by atoms with Gasteiger partial charge in [0.2, 0.25) is 0 Å². The largest absolute Gasteiger partial charge is 0.490 e. The Morgan fingerprint density at radius 3 is 2.44 bits per heavy atom. The Kier molecular flexibility index (Phi) is 8.10.